The van der Waals surface area contributed by atoms with Crippen LogP contribution in [0, 0.1) is 17.8 Å². The SMILES string of the molecule is O=C(NCCO)[C@H]1O[C@@H](n2cnc3c(NC45CC6CC(CC(C6)C4)C5)ncnc32)[C@@H]2OC3(CCCCC3)O[C@@H]21. The molecular formula is C28H38N6O5. The van der Waals surface area contributed by atoms with Gasteiger partial charge in [0.2, 0.25) is 0 Å². The Morgan fingerprint density at radius 3 is 2.44 bits per heavy atom. The van der Waals surface area contributed by atoms with E-state index >= 15 is 0 Å². The number of anilines is 1. The number of nitrogens with one attached hydrogen (secondary N) is 2. The fourth-order valence-corrected chi connectivity index (χ4v) is 9.10. The maximum Gasteiger partial charge on any atom is 0.252 e. The number of rotatable bonds is 6. The summed E-state index contributed by atoms with van der Waals surface area (Å²) >= 11 is 0. The molecule has 7 aliphatic rings. The molecule has 210 valence electrons. The van der Waals surface area contributed by atoms with Crippen molar-refractivity contribution in [1.29, 1.82) is 0 Å². The van der Waals surface area contributed by atoms with Crippen LogP contribution in [0.4, 0.5) is 5.82 Å². The van der Waals surface area contributed by atoms with Gasteiger partial charge in [0, 0.05) is 24.9 Å². The second-order valence-electron chi connectivity index (χ2n) is 13.0. The van der Waals surface area contributed by atoms with Gasteiger partial charge < -0.3 is 30.0 Å². The molecule has 11 nitrogen and oxygen atoms in total. The molecule has 1 amide bonds. The van der Waals surface area contributed by atoms with Crippen LogP contribution in [0.25, 0.3) is 11.2 Å². The second kappa shape index (κ2) is 9.09. The Kier molecular flexibility index (Phi) is 5.70. The number of ether oxygens (including phenoxy) is 3. The largest absolute Gasteiger partial charge is 0.395 e. The molecular weight excluding hydrogens is 500 g/mol. The number of fused-ring (bicyclic) bond motifs is 2. The summed E-state index contributed by atoms with van der Waals surface area (Å²) in [4.78, 5) is 27.1. The first-order valence-electron chi connectivity index (χ1n) is 14.9. The minimum absolute atomic E-state index is 0.0976. The van der Waals surface area contributed by atoms with E-state index in [2.05, 4.69) is 20.6 Å². The summed E-state index contributed by atoms with van der Waals surface area (Å²) in [5.41, 5.74) is 1.47. The van der Waals surface area contributed by atoms with Crippen LogP contribution in [0.1, 0.15) is 76.9 Å². The Labute approximate surface area is 227 Å². The van der Waals surface area contributed by atoms with Gasteiger partial charge in [-0.05, 0) is 69.1 Å². The molecule has 4 heterocycles. The van der Waals surface area contributed by atoms with E-state index in [1.165, 1.54) is 38.5 Å². The highest BCUT2D eigenvalue weighted by Crippen LogP contribution is 2.57. The summed E-state index contributed by atoms with van der Waals surface area (Å²) in [7, 11) is 0. The molecule has 2 aliphatic heterocycles. The number of imidazole rings is 1. The standard InChI is InChI=1S/C28H38N6O5/c35-7-6-29-25(36)21-20-22(39-28(38-20)4-2-1-3-5-28)26(37-21)34-15-32-19-23(30-14-31-24(19)34)33-27-11-16-8-17(12-27)10-18(9-16)13-27/h14-18,20-22,26,35H,1-13H2,(H,29,36)(H,30,31,33)/t16?,17?,18?,20-,21+,22-,26-,27?/m1/s1. The van der Waals surface area contributed by atoms with Crippen LogP contribution in [0.5, 0.6) is 0 Å². The first-order chi connectivity index (χ1) is 19.0. The molecule has 4 atom stereocenters. The summed E-state index contributed by atoms with van der Waals surface area (Å²) in [6.45, 7) is 0.0210. The Morgan fingerprint density at radius 1 is 1.00 bits per heavy atom. The van der Waals surface area contributed by atoms with Crippen molar-refractivity contribution in [3.05, 3.63) is 12.7 Å². The van der Waals surface area contributed by atoms with Gasteiger partial charge in [0.25, 0.3) is 5.91 Å². The molecule has 3 N–H and O–H groups in total. The molecule has 1 spiro atoms. The number of carbonyl (C=O) groups is 1. The van der Waals surface area contributed by atoms with E-state index in [4.69, 9.17) is 19.2 Å². The van der Waals surface area contributed by atoms with Crippen molar-refractivity contribution in [3.8, 4) is 0 Å². The molecule has 7 fully saturated rings. The predicted molar refractivity (Wildman–Crippen MR) is 139 cm³/mol. The highest BCUT2D eigenvalue weighted by molar-refractivity contribution is 5.84. The van der Waals surface area contributed by atoms with Gasteiger partial charge in [0.15, 0.2) is 35.1 Å². The molecule has 2 aromatic heterocycles. The number of hydrogen-bond donors (Lipinski definition) is 3. The van der Waals surface area contributed by atoms with Crippen molar-refractivity contribution < 1.29 is 24.1 Å². The van der Waals surface area contributed by atoms with Crippen LogP contribution in [-0.4, -0.2) is 73.3 Å². The number of amides is 1. The molecule has 5 aliphatic carbocycles. The van der Waals surface area contributed by atoms with Gasteiger partial charge in [-0.1, -0.05) is 6.42 Å². The quantitative estimate of drug-likeness (QED) is 0.508. The topological polar surface area (TPSA) is 133 Å². The van der Waals surface area contributed by atoms with Crippen LogP contribution in [0.15, 0.2) is 12.7 Å². The molecule has 39 heavy (non-hydrogen) atoms. The fourth-order valence-electron chi connectivity index (χ4n) is 9.10. The van der Waals surface area contributed by atoms with Crippen LogP contribution in [0.2, 0.25) is 0 Å². The van der Waals surface area contributed by atoms with Gasteiger partial charge in [0.1, 0.15) is 18.5 Å². The zero-order valence-electron chi connectivity index (χ0n) is 22.3. The summed E-state index contributed by atoms with van der Waals surface area (Å²) in [5, 5.41) is 15.9. The summed E-state index contributed by atoms with van der Waals surface area (Å²) in [6, 6.07) is 0. The highest BCUT2D eigenvalue weighted by Gasteiger charge is 2.61. The minimum Gasteiger partial charge on any atom is -0.395 e. The molecule has 2 saturated heterocycles. The fraction of sp³-hybridized carbons (Fsp3) is 0.786. The third-order valence-electron chi connectivity index (χ3n) is 10.2. The number of aliphatic hydroxyl groups is 1. The lowest BCUT2D eigenvalue weighted by Crippen LogP contribution is -2.54. The van der Waals surface area contributed by atoms with Gasteiger partial charge in [-0.3, -0.25) is 9.36 Å². The molecule has 9 rings (SSSR count). The average Bonchev–Trinajstić information content (AvgIpc) is 3.59. The Morgan fingerprint density at radius 2 is 1.72 bits per heavy atom. The highest BCUT2D eigenvalue weighted by atomic mass is 16.8. The van der Waals surface area contributed by atoms with Crippen LogP contribution >= 0.6 is 0 Å². The van der Waals surface area contributed by atoms with Gasteiger partial charge in [-0.2, -0.15) is 0 Å². The van der Waals surface area contributed by atoms with E-state index in [0.717, 1.165) is 55.7 Å². The third-order valence-corrected chi connectivity index (χ3v) is 10.2. The number of aliphatic hydroxyl groups excluding tert-OH is 1. The summed E-state index contributed by atoms with van der Waals surface area (Å²) < 4.78 is 21.3. The Hall–Kier alpha value is -2.34. The van der Waals surface area contributed by atoms with Crippen molar-refractivity contribution in [2.24, 2.45) is 17.8 Å². The Balaban J connectivity index is 1.11. The van der Waals surface area contributed by atoms with Crippen LogP contribution in [0.3, 0.4) is 0 Å². The van der Waals surface area contributed by atoms with E-state index in [0.29, 0.717) is 11.2 Å². The third kappa shape index (κ3) is 3.99. The second-order valence-corrected chi connectivity index (χ2v) is 13.0. The smallest absolute Gasteiger partial charge is 0.252 e. The lowest BCUT2D eigenvalue weighted by molar-refractivity contribution is -0.229. The van der Waals surface area contributed by atoms with E-state index < -0.39 is 30.3 Å². The van der Waals surface area contributed by atoms with E-state index in [-0.39, 0.29) is 24.6 Å². The van der Waals surface area contributed by atoms with Crippen molar-refractivity contribution in [2.45, 2.75) is 106 Å². The molecule has 0 radical (unpaired) electrons. The van der Waals surface area contributed by atoms with Gasteiger partial charge in [-0.15, -0.1) is 0 Å². The Bertz CT molecular complexity index is 1230. The predicted octanol–water partition coefficient (Wildman–Crippen LogP) is 2.66. The van der Waals surface area contributed by atoms with Crippen molar-refractivity contribution in [2.75, 3.05) is 18.5 Å². The van der Waals surface area contributed by atoms with Gasteiger partial charge in [-0.25, -0.2) is 15.0 Å². The maximum atomic E-state index is 13.1. The molecule has 5 saturated carbocycles. The zero-order valence-corrected chi connectivity index (χ0v) is 22.3. The minimum atomic E-state index is -0.850. The number of aromatic nitrogens is 4. The van der Waals surface area contributed by atoms with Crippen LogP contribution in [-0.2, 0) is 19.0 Å². The molecule has 11 heteroatoms. The lowest BCUT2D eigenvalue weighted by atomic mass is 9.53. The normalized spacial score (nSPS) is 39.9. The summed E-state index contributed by atoms with van der Waals surface area (Å²) in [5.74, 6) is 2.26. The van der Waals surface area contributed by atoms with E-state index in [9.17, 15) is 9.90 Å². The van der Waals surface area contributed by atoms with Crippen molar-refractivity contribution >= 4 is 22.9 Å². The van der Waals surface area contributed by atoms with Gasteiger partial charge in [0.05, 0.1) is 12.9 Å². The van der Waals surface area contributed by atoms with Crippen molar-refractivity contribution in [1.82, 2.24) is 24.8 Å². The monoisotopic (exact) mass is 538 g/mol. The summed E-state index contributed by atoms with van der Waals surface area (Å²) in [6.07, 6.45) is 13.5. The van der Waals surface area contributed by atoms with Gasteiger partial charge >= 0.3 is 0 Å². The number of nitrogens with zero attached hydrogens (tertiary/aromatic N) is 4. The average molecular weight is 539 g/mol. The number of carbonyl (C=O) groups excluding carboxylic acids is 1. The zero-order chi connectivity index (χ0) is 26.2. The first kappa shape index (κ1) is 24.5. The first-order valence-corrected chi connectivity index (χ1v) is 14.9. The molecule has 0 unspecified atom stereocenters. The number of hydrogen-bond acceptors (Lipinski definition) is 9. The molecule has 2 aromatic rings. The van der Waals surface area contributed by atoms with Crippen LogP contribution < -0.4 is 10.6 Å². The van der Waals surface area contributed by atoms with E-state index in [1.54, 1.807) is 12.7 Å². The molecule has 0 aromatic carbocycles. The lowest BCUT2D eigenvalue weighted by Gasteiger charge is -2.57. The van der Waals surface area contributed by atoms with Crippen molar-refractivity contribution in [3.63, 3.8) is 0 Å². The molecule has 4 bridgehead atoms. The van der Waals surface area contributed by atoms with E-state index in [1.807, 2.05) is 4.57 Å². The maximum absolute atomic E-state index is 13.1.